The predicted molar refractivity (Wildman–Crippen MR) is 138 cm³/mol. The number of nitrogens with zero attached hydrogens (tertiary/aromatic N) is 1. The van der Waals surface area contributed by atoms with E-state index in [2.05, 4.69) is 15.6 Å². The van der Waals surface area contributed by atoms with Crippen LogP contribution in [0.3, 0.4) is 0 Å². The number of amides is 3. The summed E-state index contributed by atoms with van der Waals surface area (Å²) in [6.45, 7) is 0. The lowest BCUT2D eigenvalue weighted by atomic mass is 9.83. The molecule has 12 heteroatoms. The molecule has 202 valence electrons. The maximum absolute atomic E-state index is 13.4. The summed E-state index contributed by atoms with van der Waals surface area (Å²) in [5.41, 5.74) is 7.17. The van der Waals surface area contributed by atoms with Gasteiger partial charge in [0.25, 0.3) is 5.91 Å². The number of benzene rings is 2. The molecule has 0 spiro atoms. The van der Waals surface area contributed by atoms with Gasteiger partial charge in [0.2, 0.25) is 18.0 Å². The fourth-order valence-electron chi connectivity index (χ4n) is 4.50. The number of hydrogen-bond acceptors (Lipinski definition) is 4. The van der Waals surface area contributed by atoms with Crippen LogP contribution in [-0.2, 0) is 14.4 Å². The van der Waals surface area contributed by atoms with E-state index in [4.69, 9.17) is 28.9 Å². The third kappa shape index (κ3) is 6.85. The number of nitrogens with one attached hydrogen (secondary N) is 2. The van der Waals surface area contributed by atoms with Crippen LogP contribution in [0.2, 0.25) is 10.0 Å². The van der Waals surface area contributed by atoms with Crippen LogP contribution in [0.15, 0.2) is 47.5 Å². The lowest BCUT2D eigenvalue weighted by Gasteiger charge is -2.26. The summed E-state index contributed by atoms with van der Waals surface area (Å²) in [6, 6.07) is 11.6. The topological polar surface area (TPSA) is 114 Å². The van der Waals surface area contributed by atoms with E-state index in [-0.39, 0.29) is 17.4 Å². The van der Waals surface area contributed by atoms with Crippen LogP contribution in [0, 0.1) is 17.8 Å². The average Bonchev–Trinajstić information content (AvgIpc) is 3.67. The fraction of sp³-hybridized carbons (Fsp3) is 0.385. The number of alkyl halides is 3. The van der Waals surface area contributed by atoms with Crippen molar-refractivity contribution in [2.75, 3.05) is 5.32 Å². The Kier molecular flexibility index (Phi) is 8.32. The summed E-state index contributed by atoms with van der Waals surface area (Å²) >= 11 is 12.4. The average molecular weight is 569 g/mol. The first kappa shape index (κ1) is 27.9. The Balaban J connectivity index is 1.67. The largest absolute Gasteiger partial charge is 0.389 e. The molecule has 0 radical (unpaired) electrons. The van der Waals surface area contributed by atoms with Gasteiger partial charge in [-0.2, -0.15) is 13.2 Å². The summed E-state index contributed by atoms with van der Waals surface area (Å²) in [5.74, 6) is -4.86. The van der Waals surface area contributed by atoms with Crippen LogP contribution in [0.5, 0.6) is 0 Å². The molecule has 1 saturated carbocycles. The van der Waals surface area contributed by atoms with Gasteiger partial charge in [-0.1, -0.05) is 60.3 Å². The van der Waals surface area contributed by atoms with Crippen molar-refractivity contribution in [3.8, 4) is 0 Å². The Labute approximate surface area is 227 Å². The first-order valence-corrected chi connectivity index (χ1v) is 12.8. The lowest BCUT2D eigenvalue weighted by molar-refractivity contribution is -0.146. The minimum absolute atomic E-state index is 0.0950. The van der Waals surface area contributed by atoms with Crippen LogP contribution in [0.1, 0.15) is 43.2 Å². The van der Waals surface area contributed by atoms with E-state index >= 15 is 0 Å². The first-order chi connectivity index (χ1) is 17.9. The number of para-hydroxylation sites is 1. The Morgan fingerprint density at radius 3 is 2.39 bits per heavy atom. The van der Waals surface area contributed by atoms with Crippen LogP contribution in [0.4, 0.5) is 18.9 Å². The van der Waals surface area contributed by atoms with Crippen molar-refractivity contribution < 1.29 is 27.6 Å². The molecule has 0 unspecified atom stereocenters. The third-order valence-electron chi connectivity index (χ3n) is 6.63. The van der Waals surface area contributed by atoms with Gasteiger partial charge in [-0.05, 0) is 37.0 Å². The zero-order valence-corrected chi connectivity index (χ0v) is 21.5. The second kappa shape index (κ2) is 11.3. The van der Waals surface area contributed by atoms with Crippen molar-refractivity contribution in [1.82, 2.24) is 5.32 Å². The molecular formula is C26H25Cl2F3N4O3. The predicted octanol–water partition coefficient (Wildman–Crippen LogP) is 5.09. The zero-order chi connectivity index (χ0) is 27.6. The van der Waals surface area contributed by atoms with Crippen LogP contribution in [0.25, 0.3) is 0 Å². The van der Waals surface area contributed by atoms with E-state index in [1.165, 1.54) is 0 Å². The van der Waals surface area contributed by atoms with E-state index in [1.54, 1.807) is 42.5 Å². The molecule has 3 amide bonds. The molecule has 2 aromatic rings. The number of halogens is 5. The highest BCUT2D eigenvalue weighted by atomic mass is 35.5. The van der Waals surface area contributed by atoms with Crippen molar-refractivity contribution in [3.05, 3.63) is 63.6 Å². The smallest absolute Gasteiger partial charge is 0.369 e. The second-order valence-electron chi connectivity index (χ2n) is 9.50. The molecule has 0 saturated heterocycles. The zero-order valence-electron chi connectivity index (χ0n) is 20.0. The monoisotopic (exact) mass is 568 g/mol. The number of aliphatic imine (C=N–C) groups is 1. The number of benzodiazepines with no additional fused rings is 1. The standard InChI is InChI=1S/C26H25Cl2F3N4O3/c27-15-8-6-14(7-9-15)20-17-2-1-3-19(28)21(17)34-25(38)23(33-20)35-24(37)18(12-13-4-5-13)16(22(32)36)10-11-26(29,30)31/h1-3,6-9,13,16,18,23H,4-5,10-12H2,(H2,32,36)(H,34,38)(H,35,37)/t16-,18+,23-/m1/s1. The maximum atomic E-state index is 13.4. The number of rotatable bonds is 9. The van der Waals surface area contributed by atoms with E-state index < -0.39 is 54.7 Å². The number of nitrogens with two attached hydrogens (primary N) is 1. The summed E-state index contributed by atoms with van der Waals surface area (Å²) in [7, 11) is 0. The van der Waals surface area contributed by atoms with Gasteiger partial charge in [0.05, 0.1) is 16.4 Å². The van der Waals surface area contributed by atoms with Crippen LogP contribution in [-0.4, -0.2) is 35.8 Å². The molecule has 1 fully saturated rings. The molecule has 0 aromatic heterocycles. The highest BCUT2D eigenvalue weighted by Gasteiger charge is 2.41. The SMILES string of the molecule is NC(=O)[C@H](CCC(F)(F)F)[C@H](CC1CC1)C(=O)N[C@H]1N=C(c2ccc(Cl)cc2)c2cccc(Cl)c2NC1=O. The van der Waals surface area contributed by atoms with Crippen molar-refractivity contribution in [2.24, 2.45) is 28.5 Å². The van der Waals surface area contributed by atoms with Crippen molar-refractivity contribution >= 4 is 52.3 Å². The van der Waals surface area contributed by atoms with Gasteiger partial charge in [0, 0.05) is 34.4 Å². The minimum Gasteiger partial charge on any atom is -0.369 e. The maximum Gasteiger partial charge on any atom is 0.389 e. The van der Waals surface area contributed by atoms with E-state index in [0.29, 0.717) is 27.5 Å². The van der Waals surface area contributed by atoms with E-state index in [0.717, 1.165) is 12.8 Å². The Morgan fingerprint density at radius 2 is 1.79 bits per heavy atom. The number of anilines is 1. The highest BCUT2D eigenvalue weighted by molar-refractivity contribution is 6.36. The van der Waals surface area contributed by atoms with Crippen molar-refractivity contribution in [3.63, 3.8) is 0 Å². The van der Waals surface area contributed by atoms with Gasteiger partial charge in [-0.25, -0.2) is 4.99 Å². The second-order valence-corrected chi connectivity index (χ2v) is 10.3. The molecular weight excluding hydrogens is 544 g/mol. The minimum atomic E-state index is -4.52. The molecule has 1 aliphatic carbocycles. The Hall–Kier alpha value is -3.11. The summed E-state index contributed by atoms with van der Waals surface area (Å²) in [6.07, 6.45) is -6.07. The van der Waals surface area contributed by atoms with Gasteiger partial charge in [0.1, 0.15) is 0 Å². The van der Waals surface area contributed by atoms with Gasteiger partial charge >= 0.3 is 6.18 Å². The third-order valence-corrected chi connectivity index (χ3v) is 7.20. The van der Waals surface area contributed by atoms with Gasteiger partial charge < -0.3 is 16.4 Å². The highest BCUT2D eigenvalue weighted by Crippen LogP contribution is 2.39. The summed E-state index contributed by atoms with van der Waals surface area (Å²) in [4.78, 5) is 43.3. The van der Waals surface area contributed by atoms with Gasteiger partial charge in [-0.3, -0.25) is 14.4 Å². The molecule has 0 bridgehead atoms. The lowest BCUT2D eigenvalue weighted by Crippen LogP contribution is -2.48. The molecule has 1 heterocycles. The molecule has 3 atom stereocenters. The van der Waals surface area contributed by atoms with Crippen molar-refractivity contribution in [1.29, 1.82) is 0 Å². The van der Waals surface area contributed by atoms with Crippen LogP contribution < -0.4 is 16.4 Å². The molecule has 7 nitrogen and oxygen atoms in total. The number of hydrogen-bond donors (Lipinski definition) is 3. The molecule has 4 rings (SSSR count). The molecule has 2 aliphatic rings. The van der Waals surface area contributed by atoms with Gasteiger partial charge in [0.15, 0.2) is 0 Å². The summed E-state index contributed by atoms with van der Waals surface area (Å²) < 4.78 is 38.8. The quantitative estimate of drug-likeness (QED) is 0.391. The number of carbonyl (C=O) groups is 3. The summed E-state index contributed by atoms with van der Waals surface area (Å²) in [5, 5.41) is 5.95. The fourth-order valence-corrected chi connectivity index (χ4v) is 4.85. The Morgan fingerprint density at radius 1 is 1.11 bits per heavy atom. The van der Waals surface area contributed by atoms with Crippen molar-refractivity contribution in [2.45, 2.75) is 44.4 Å². The molecule has 4 N–H and O–H groups in total. The van der Waals surface area contributed by atoms with Crippen LogP contribution >= 0.6 is 23.2 Å². The number of primary amides is 1. The molecule has 38 heavy (non-hydrogen) atoms. The normalized spacial score (nSPS) is 18.9. The van der Waals surface area contributed by atoms with E-state index in [1.807, 2.05) is 0 Å². The number of carbonyl (C=O) groups excluding carboxylic acids is 3. The van der Waals surface area contributed by atoms with E-state index in [9.17, 15) is 27.6 Å². The Bertz CT molecular complexity index is 1260. The molecule has 1 aliphatic heterocycles. The first-order valence-electron chi connectivity index (χ1n) is 12.0. The molecule has 2 aromatic carbocycles. The van der Waals surface area contributed by atoms with Gasteiger partial charge in [-0.15, -0.1) is 0 Å². The number of fused-ring (bicyclic) bond motifs is 1.